The average Bonchev–Trinajstić information content (AvgIpc) is 3.44. The summed E-state index contributed by atoms with van der Waals surface area (Å²) in [5.74, 6) is -2.67. The number of benzene rings is 1. The van der Waals surface area contributed by atoms with Crippen molar-refractivity contribution in [1.82, 2.24) is 4.98 Å². The number of nitrogens with two attached hydrogens (primary N) is 1. The van der Waals surface area contributed by atoms with E-state index in [4.69, 9.17) is 5.73 Å². The molecule has 164 valence electrons. The predicted molar refractivity (Wildman–Crippen MR) is 108 cm³/mol. The van der Waals surface area contributed by atoms with Gasteiger partial charge in [0.1, 0.15) is 11.4 Å². The molecule has 1 aliphatic carbocycles. The van der Waals surface area contributed by atoms with Crippen molar-refractivity contribution in [3.8, 4) is 5.75 Å². The number of aryl methyl sites for hydroxylation is 1. The summed E-state index contributed by atoms with van der Waals surface area (Å²) in [7, 11) is 0. The number of Topliss-reactive ketones (excluding diaryl/α,β-unsaturated/α-hetero) is 1. The first-order valence-electron chi connectivity index (χ1n) is 9.53. The van der Waals surface area contributed by atoms with Crippen molar-refractivity contribution in [1.29, 1.82) is 0 Å². The highest BCUT2D eigenvalue weighted by Gasteiger charge is 2.56. The third kappa shape index (κ3) is 4.13. The highest BCUT2D eigenvalue weighted by Crippen LogP contribution is 2.57. The molecule has 0 amide bonds. The van der Waals surface area contributed by atoms with Crippen molar-refractivity contribution < 1.29 is 27.1 Å². The first-order valence-corrected chi connectivity index (χ1v) is 10.4. The molecular weight excluding hydrogens is 434 g/mol. The molecule has 10 heteroatoms. The first-order chi connectivity index (χ1) is 14.6. The molecule has 1 saturated carbocycles. The van der Waals surface area contributed by atoms with Crippen molar-refractivity contribution in [2.24, 2.45) is 16.6 Å². The van der Waals surface area contributed by atoms with Crippen LogP contribution in [0.15, 0.2) is 29.4 Å². The fourth-order valence-electron chi connectivity index (χ4n) is 4.04. The van der Waals surface area contributed by atoms with Crippen LogP contribution >= 0.6 is 11.8 Å². The summed E-state index contributed by atoms with van der Waals surface area (Å²) >= 11 is 1.43. The van der Waals surface area contributed by atoms with Crippen molar-refractivity contribution >= 4 is 22.7 Å². The summed E-state index contributed by atoms with van der Waals surface area (Å²) in [6.45, 7) is 0.243. The summed E-state index contributed by atoms with van der Waals surface area (Å²) in [5.41, 5.74) is 5.58. The number of hydrogen-bond donors (Lipinski definition) is 1. The predicted octanol–water partition coefficient (Wildman–Crippen LogP) is 4.36. The van der Waals surface area contributed by atoms with Crippen LogP contribution in [0, 0.1) is 24.5 Å². The van der Waals surface area contributed by atoms with E-state index in [2.05, 4.69) is 14.7 Å². The van der Waals surface area contributed by atoms with Gasteiger partial charge in [-0.3, -0.25) is 9.79 Å². The van der Waals surface area contributed by atoms with Gasteiger partial charge < -0.3 is 10.5 Å². The minimum atomic E-state index is -3.01. The van der Waals surface area contributed by atoms with Crippen LogP contribution in [-0.2, 0) is 12.0 Å². The number of halogens is 4. The normalized spacial score (nSPS) is 24.5. The largest absolute Gasteiger partial charge is 0.433 e. The lowest BCUT2D eigenvalue weighted by Gasteiger charge is -2.30. The van der Waals surface area contributed by atoms with Gasteiger partial charge in [0.05, 0.1) is 11.7 Å². The SMILES string of the molecule is Cc1cc(OC(F)F)cnc1C(=O)Cc1cc(F)c(F)c([C@@]2(C)N=C(N)S[C@H]3C[C@H]32)c1. The Labute approximate surface area is 180 Å². The van der Waals surface area contributed by atoms with Gasteiger partial charge in [-0.05, 0) is 49.6 Å². The molecule has 2 aliphatic rings. The second kappa shape index (κ2) is 7.81. The molecule has 2 N–H and O–H groups in total. The zero-order valence-electron chi connectivity index (χ0n) is 16.7. The van der Waals surface area contributed by atoms with Crippen molar-refractivity contribution in [3.63, 3.8) is 0 Å². The molecule has 2 heterocycles. The van der Waals surface area contributed by atoms with E-state index in [0.29, 0.717) is 10.7 Å². The third-order valence-corrected chi connectivity index (χ3v) is 6.77. The van der Waals surface area contributed by atoms with E-state index >= 15 is 0 Å². The van der Waals surface area contributed by atoms with Gasteiger partial charge in [0, 0.05) is 23.2 Å². The number of alkyl halides is 2. The summed E-state index contributed by atoms with van der Waals surface area (Å²) in [5, 5.41) is 0.546. The number of rotatable bonds is 6. The van der Waals surface area contributed by atoms with Gasteiger partial charge >= 0.3 is 6.61 Å². The maximum atomic E-state index is 14.7. The van der Waals surface area contributed by atoms with E-state index in [9.17, 15) is 22.4 Å². The summed E-state index contributed by atoms with van der Waals surface area (Å²) in [6, 6.07) is 3.69. The Morgan fingerprint density at radius 1 is 1.35 bits per heavy atom. The molecule has 1 aromatic heterocycles. The Morgan fingerprint density at radius 3 is 2.77 bits per heavy atom. The number of ether oxygens (including phenoxy) is 1. The Hall–Kier alpha value is -2.62. The first kappa shape index (κ1) is 21.6. The van der Waals surface area contributed by atoms with Crippen LogP contribution in [-0.4, -0.2) is 27.8 Å². The second-order valence-corrected chi connectivity index (χ2v) is 9.11. The number of aliphatic imine (C=N–C) groups is 1. The zero-order valence-corrected chi connectivity index (χ0v) is 17.5. The molecule has 4 rings (SSSR count). The van der Waals surface area contributed by atoms with Gasteiger partial charge in [-0.15, -0.1) is 0 Å². The topological polar surface area (TPSA) is 77.6 Å². The van der Waals surface area contributed by atoms with E-state index in [1.54, 1.807) is 6.92 Å². The minimum absolute atomic E-state index is 0.0379. The van der Waals surface area contributed by atoms with E-state index in [0.717, 1.165) is 18.7 Å². The van der Waals surface area contributed by atoms with E-state index < -0.39 is 29.6 Å². The maximum absolute atomic E-state index is 14.7. The number of amidine groups is 1. The fourth-order valence-corrected chi connectivity index (χ4v) is 5.32. The molecule has 1 fully saturated rings. The smallest absolute Gasteiger partial charge is 0.387 e. The average molecular weight is 453 g/mol. The number of hydrogen-bond acceptors (Lipinski definition) is 6. The van der Waals surface area contributed by atoms with Gasteiger partial charge in [0.15, 0.2) is 22.6 Å². The van der Waals surface area contributed by atoms with Crippen LogP contribution in [0.1, 0.15) is 40.5 Å². The number of fused-ring (bicyclic) bond motifs is 1. The van der Waals surface area contributed by atoms with Crippen molar-refractivity contribution in [2.75, 3.05) is 0 Å². The molecule has 0 spiro atoms. The number of aromatic nitrogens is 1. The van der Waals surface area contributed by atoms with Gasteiger partial charge in [0.25, 0.3) is 0 Å². The highest BCUT2D eigenvalue weighted by atomic mass is 32.2. The Bertz CT molecular complexity index is 1090. The Kier molecular flexibility index (Phi) is 5.45. The molecule has 5 nitrogen and oxygen atoms in total. The summed E-state index contributed by atoms with van der Waals surface area (Å²) in [6.07, 6.45) is 1.57. The van der Waals surface area contributed by atoms with Gasteiger partial charge in [-0.2, -0.15) is 8.78 Å². The van der Waals surface area contributed by atoms with Crippen molar-refractivity contribution in [3.05, 3.63) is 58.4 Å². The lowest BCUT2D eigenvalue weighted by atomic mass is 9.85. The number of carbonyl (C=O) groups is 1. The van der Waals surface area contributed by atoms with Crippen LogP contribution in [0.2, 0.25) is 0 Å². The molecule has 1 aliphatic heterocycles. The van der Waals surface area contributed by atoms with Gasteiger partial charge in [-0.25, -0.2) is 13.8 Å². The molecule has 3 atom stereocenters. The Morgan fingerprint density at radius 2 is 2.10 bits per heavy atom. The molecule has 0 bridgehead atoms. The quantitative estimate of drug-likeness (QED) is 0.520. The van der Waals surface area contributed by atoms with Gasteiger partial charge in [0.2, 0.25) is 0 Å². The number of pyridine rings is 1. The number of thioether (sulfide) groups is 1. The summed E-state index contributed by atoms with van der Waals surface area (Å²) < 4.78 is 58.1. The van der Waals surface area contributed by atoms with Crippen LogP contribution in [0.3, 0.4) is 0 Å². The number of nitrogens with zero attached hydrogens (tertiary/aromatic N) is 2. The molecule has 0 radical (unpaired) electrons. The van der Waals surface area contributed by atoms with E-state index in [1.165, 1.54) is 30.8 Å². The van der Waals surface area contributed by atoms with Crippen LogP contribution in [0.4, 0.5) is 17.6 Å². The molecular formula is C21H19F4N3O2S. The number of carbonyl (C=O) groups excluding carboxylic acids is 1. The fraction of sp³-hybridized carbons (Fsp3) is 0.381. The number of ketones is 1. The lowest BCUT2D eigenvalue weighted by Crippen LogP contribution is -2.32. The van der Waals surface area contributed by atoms with E-state index in [-0.39, 0.29) is 40.2 Å². The van der Waals surface area contributed by atoms with E-state index in [1.807, 2.05) is 0 Å². The molecule has 2 aromatic rings. The van der Waals surface area contributed by atoms with Gasteiger partial charge in [-0.1, -0.05) is 11.8 Å². The van der Waals surface area contributed by atoms with Crippen LogP contribution < -0.4 is 10.5 Å². The molecule has 31 heavy (non-hydrogen) atoms. The van der Waals surface area contributed by atoms with Crippen molar-refractivity contribution in [2.45, 2.75) is 44.1 Å². The van der Waals surface area contributed by atoms with Crippen LogP contribution in [0.25, 0.3) is 0 Å². The highest BCUT2D eigenvalue weighted by molar-refractivity contribution is 8.14. The molecule has 0 unspecified atom stereocenters. The maximum Gasteiger partial charge on any atom is 0.387 e. The second-order valence-electron chi connectivity index (χ2n) is 7.85. The molecule has 0 saturated heterocycles. The standard InChI is InChI=1S/C21H19F4N3O2S/c1-9-3-11(30-19(24)25)8-27-18(9)15(29)6-10-4-13(17(23)14(22)5-10)21(2)12-7-16(12)31-20(26)28-21/h3-5,8,12,16,19H,6-7H2,1-2H3,(H2,26,28)/t12-,16+,21+/m1/s1. The zero-order chi connectivity index (χ0) is 22.5. The Balaban J connectivity index is 1.63. The monoisotopic (exact) mass is 453 g/mol. The molecule has 1 aromatic carbocycles. The lowest BCUT2D eigenvalue weighted by molar-refractivity contribution is -0.0501. The van der Waals surface area contributed by atoms with Crippen LogP contribution in [0.5, 0.6) is 5.75 Å². The summed E-state index contributed by atoms with van der Waals surface area (Å²) in [4.78, 5) is 21.1. The third-order valence-electron chi connectivity index (χ3n) is 5.61. The minimum Gasteiger partial charge on any atom is -0.433 e.